The van der Waals surface area contributed by atoms with Crippen LogP contribution in [0.25, 0.3) is 0 Å². The summed E-state index contributed by atoms with van der Waals surface area (Å²) in [4.78, 5) is 13.6. The standard InChI is InChI=1S/C14H20FN3O/c1-10-4-6-18(7-5-10)9-11-2-3-12(13(15)8-11)14(19)17-16/h2-3,8,10H,4-7,9,16H2,1H3,(H,17,19). The number of nitrogens with zero attached hydrogens (tertiary/aromatic N) is 1. The molecule has 0 aromatic heterocycles. The van der Waals surface area contributed by atoms with E-state index in [-0.39, 0.29) is 5.56 Å². The van der Waals surface area contributed by atoms with Crippen molar-refractivity contribution in [1.82, 2.24) is 10.3 Å². The van der Waals surface area contributed by atoms with E-state index < -0.39 is 11.7 Å². The predicted octanol–water partition coefficient (Wildman–Crippen LogP) is 1.66. The minimum absolute atomic E-state index is 0.0153. The van der Waals surface area contributed by atoms with E-state index >= 15 is 0 Å². The fourth-order valence-corrected chi connectivity index (χ4v) is 2.40. The largest absolute Gasteiger partial charge is 0.299 e. The summed E-state index contributed by atoms with van der Waals surface area (Å²) in [6, 6.07) is 4.69. The molecule has 0 radical (unpaired) electrons. The zero-order chi connectivity index (χ0) is 13.8. The first-order valence-corrected chi connectivity index (χ1v) is 6.62. The number of amides is 1. The van der Waals surface area contributed by atoms with Crippen molar-refractivity contribution >= 4 is 5.91 Å². The molecule has 0 aliphatic carbocycles. The van der Waals surface area contributed by atoms with Gasteiger partial charge in [-0.3, -0.25) is 15.1 Å². The summed E-state index contributed by atoms with van der Waals surface area (Å²) in [5.41, 5.74) is 2.81. The van der Waals surface area contributed by atoms with Gasteiger partial charge in [0.2, 0.25) is 0 Å². The maximum absolute atomic E-state index is 13.8. The third kappa shape index (κ3) is 3.52. The summed E-state index contributed by atoms with van der Waals surface area (Å²) in [6.45, 7) is 5.09. The van der Waals surface area contributed by atoms with E-state index in [2.05, 4.69) is 11.8 Å². The summed E-state index contributed by atoms with van der Waals surface area (Å²) in [7, 11) is 0. The molecule has 0 saturated carbocycles. The predicted molar refractivity (Wildman–Crippen MR) is 71.7 cm³/mol. The van der Waals surface area contributed by atoms with E-state index in [1.165, 1.54) is 25.0 Å². The van der Waals surface area contributed by atoms with E-state index in [1.54, 1.807) is 6.07 Å². The molecule has 1 aliphatic heterocycles. The average molecular weight is 265 g/mol. The minimum Gasteiger partial charge on any atom is -0.299 e. The number of nitrogen functional groups attached to an aromatic ring is 1. The van der Waals surface area contributed by atoms with Crippen LogP contribution in [0.5, 0.6) is 0 Å². The summed E-state index contributed by atoms with van der Waals surface area (Å²) in [6.07, 6.45) is 2.38. The molecule has 0 atom stereocenters. The van der Waals surface area contributed by atoms with Gasteiger partial charge in [0.15, 0.2) is 0 Å². The average Bonchev–Trinajstić information content (AvgIpc) is 2.41. The van der Waals surface area contributed by atoms with Crippen LogP contribution in [0.1, 0.15) is 35.7 Å². The first kappa shape index (κ1) is 14.0. The molecule has 19 heavy (non-hydrogen) atoms. The van der Waals surface area contributed by atoms with Gasteiger partial charge < -0.3 is 0 Å². The van der Waals surface area contributed by atoms with E-state index in [0.717, 1.165) is 31.1 Å². The molecule has 5 heteroatoms. The van der Waals surface area contributed by atoms with Crippen molar-refractivity contribution in [3.8, 4) is 0 Å². The van der Waals surface area contributed by atoms with Gasteiger partial charge in [-0.1, -0.05) is 13.0 Å². The number of carbonyl (C=O) groups is 1. The van der Waals surface area contributed by atoms with Crippen LogP contribution in [0.2, 0.25) is 0 Å². The number of likely N-dealkylation sites (tertiary alicyclic amines) is 1. The van der Waals surface area contributed by atoms with Crippen molar-refractivity contribution in [3.63, 3.8) is 0 Å². The first-order chi connectivity index (χ1) is 9.10. The first-order valence-electron chi connectivity index (χ1n) is 6.62. The number of hydrogen-bond donors (Lipinski definition) is 2. The number of piperidine rings is 1. The number of nitrogens with one attached hydrogen (secondary N) is 1. The zero-order valence-electron chi connectivity index (χ0n) is 11.2. The fourth-order valence-electron chi connectivity index (χ4n) is 2.40. The number of halogens is 1. The highest BCUT2D eigenvalue weighted by Crippen LogP contribution is 2.19. The van der Waals surface area contributed by atoms with Crippen LogP contribution < -0.4 is 11.3 Å². The summed E-state index contributed by atoms with van der Waals surface area (Å²) < 4.78 is 13.8. The third-order valence-electron chi connectivity index (χ3n) is 3.69. The molecule has 1 amide bonds. The number of hydrogen-bond acceptors (Lipinski definition) is 3. The Labute approximate surface area is 112 Å². The van der Waals surface area contributed by atoms with Crippen LogP contribution in [0.15, 0.2) is 18.2 Å². The molecule has 2 rings (SSSR count). The molecule has 1 heterocycles. The Kier molecular flexibility index (Phi) is 4.50. The van der Waals surface area contributed by atoms with Crippen LogP contribution in [-0.4, -0.2) is 23.9 Å². The van der Waals surface area contributed by atoms with Gasteiger partial charge in [-0.2, -0.15) is 0 Å². The number of hydrazine groups is 1. The van der Waals surface area contributed by atoms with Crippen LogP contribution in [0.3, 0.4) is 0 Å². The van der Waals surface area contributed by atoms with Crippen LogP contribution >= 0.6 is 0 Å². The van der Waals surface area contributed by atoms with Crippen molar-refractivity contribution in [2.45, 2.75) is 26.3 Å². The molecule has 0 spiro atoms. The van der Waals surface area contributed by atoms with Gasteiger partial charge in [-0.15, -0.1) is 0 Å². The molecule has 104 valence electrons. The third-order valence-corrected chi connectivity index (χ3v) is 3.69. The summed E-state index contributed by atoms with van der Waals surface area (Å²) >= 11 is 0. The van der Waals surface area contributed by atoms with E-state index in [9.17, 15) is 9.18 Å². The molecule has 1 aliphatic rings. The van der Waals surface area contributed by atoms with Crippen molar-refractivity contribution in [3.05, 3.63) is 35.1 Å². The van der Waals surface area contributed by atoms with Crippen LogP contribution in [0, 0.1) is 11.7 Å². The van der Waals surface area contributed by atoms with Crippen LogP contribution in [-0.2, 0) is 6.54 Å². The Morgan fingerprint density at radius 2 is 2.16 bits per heavy atom. The summed E-state index contributed by atoms with van der Waals surface area (Å²) in [5.74, 6) is 4.66. The maximum Gasteiger partial charge on any atom is 0.268 e. The molecule has 1 aromatic carbocycles. The lowest BCUT2D eigenvalue weighted by Crippen LogP contribution is -2.32. The number of benzene rings is 1. The molecule has 1 fully saturated rings. The summed E-state index contributed by atoms with van der Waals surface area (Å²) in [5, 5.41) is 0. The molecular weight excluding hydrogens is 245 g/mol. The van der Waals surface area contributed by atoms with Gasteiger partial charge in [0.1, 0.15) is 5.82 Å². The lowest BCUT2D eigenvalue weighted by molar-refractivity contribution is 0.0949. The smallest absolute Gasteiger partial charge is 0.268 e. The molecular formula is C14H20FN3O. The van der Waals surface area contributed by atoms with Gasteiger partial charge in [0.25, 0.3) is 5.91 Å². The second-order valence-corrected chi connectivity index (χ2v) is 5.25. The van der Waals surface area contributed by atoms with E-state index in [0.29, 0.717) is 0 Å². The minimum atomic E-state index is -0.601. The molecule has 1 saturated heterocycles. The lowest BCUT2D eigenvalue weighted by Gasteiger charge is -2.30. The SMILES string of the molecule is CC1CCN(Cc2ccc(C(=O)NN)c(F)c2)CC1. The van der Waals surface area contributed by atoms with Gasteiger partial charge in [0, 0.05) is 6.54 Å². The molecule has 3 N–H and O–H groups in total. The van der Waals surface area contributed by atoms with Gasteiger partial charge in [-0.05, 0) is 49.5 Å². The van der Waals surface area contributed by atoms with Gasteiger partial charge >= 0.3 is 0 Å². The highest BCUT2D eigenvalue weighted by atomic mass is 19.1. The quantitative estimate of drug-likeness (QED) is 0.496. The highest BCUT2D eigenvalue weighted by molar-refractivity contribution is 5.94. The Bertz CT molecular complexity index is 456. The number of rotatable bonds is 3. The second-order valence-electron chi connectivity index (χ2n) is 5.25. The monoisotopic (exact) mass is 265 g/mol. The topological polar surface area (TPSA) is 58.4 Å². The van der Waals surface area contributed by atoms with Gasteiger partial charge in [-0.25, -0.2) is 10.2 Å². The Balaban J connectivity index is 2.02. The van der Waals surface area contributed by atoms with Crippen molar-refractivity contribution < 1.29 is 9.18 Å². The van der Waals surface area contributed by atoms with E-state index in [4.69, 9.17) is 5.84 Å². The molecule has 0 bridgehead atoms. The highest BCUT2D eigenvalue weighted by Gasteiger charge is 2.17. The maximum atomic E-state index is 13.8. The van der Waals surface area contributed by atoms with Gasteiger partial charge in [0.05, 0.1) is 5.56 Å². The Morgan fingerprint density at radius 3 is 2.74 bits per heavy atom. The normalized spacial score (nSPS) is 17.4. The van der Waals surface area contributed by atoms with Crippen molar-refractivity contribution in [2.75, 3.05) is 13.1 Å². The fraction of sp³-hybridized carbons (Fsp3) is 0.500. The Morgan fingerprint density at radius 1 is 1.47 bits per heavy atom. The van der Waals surface area contributed by atoms with E-state index in [1.807, 2.05) is 5.43 Å². The van der Waals surface area contributed by atoms with Crippen molar-refractivity contribution in [1.29, 1.82) is 0 Å². The zero-order valence-corrected chi connectivity index (χ0v) is 11.2. The Hall–Kier alpha value is -1.46. The second kappa shape index (κ2) is 6.12. The molecule has 0 unspecified atom stereocenters. The van der Waals surface area contributed by atoms with Crippen LogP contribution in [0.4, 0.5) is 4.39 Å². The molecule has 1 aromatic rings. The number of nitrogens with two attached hydrogens (primary N) is 1. The van der Waals surface area contributed by atoms with Crippen molar-refractivity contribution in [2.24, 2.45) is 11.8 Å². The number of carbonyl (C=O) groups excluding carboxylic acids is 1. The molecule has 4 nitrogen and oxygen atoms in total. The lowest BCUT2D eigenvalue weighted by atomic mass is 9.98.